The molecule has 21 heavy (non-hydrogen) atoms. The molecule has 0 fully saturated rings. The van der Waals surface area contributed by atoms with Crippen molar-refractivity contribution in [1.82, 2.24) is 9.97 Å². The van der Waals surface area contributed by atoms with E-state index in [0.717, 1.165) is 22.0 Å². The summed E-state index contributed by atoms with van der Waals surface area (Å²) in [6.07, 6.45) is 0. The Bertz CT molecular complexity index is 790. The monoisotopic (exact) mass is 297 g/mol. The summed E-state index contributed by atoms with van der Waals surface area (Å²) in [5, 5.41) is 7.32. The number of thiazole rings is 1. The zero-order chi connectivity index (χ0) is 15.0. The summed E-state index contributed by atoms with van der Waals surface area (Å²) < 4.78 is 0. The van der Waals surface area contributed by atoms with Crippen molar-refractivity contribution in [2.24, 2.45) is 0 Å². The average Bonchev–Trinajstić information content (AvgIpc) is 2.94. The van der Waals surface area contributed by atoms with Crippen LogP contribution in [0.4, 0.5) is 5.13 Å². The molecule has 3 aromatic rings. The van der Waals surface area contributed by atoms with Gasteiger partial charge in [-0.1, -0.05) is 25.5 Å². The van der Waals surface area contributed by atoms with E-state index >= 15 is 0 Å². The van der Waals surface area contributed by atoms with Crippen LogP contribution in [0.1, 0.15) is 31.0 Å². The lowest BCUT2D eigenvalue weighted by atomic mass is 10.00. The summed E-state index contributed by atoms with van der Waals surface area (Å²) in [4.78, 5) is 9.45. The SMILES string of the molecule is CNc1nc(-c2cc(C(C)C)nc3ccc(C)cc23)cs1. The maximum atomic E-state index is 4.79. The van der Waals surface area contributed by atoms with Crippen molar-refractivity contribution in [2.45, 2.75) is 26.7 Å². The van der Waals surface area contributed by atoms with Crippen molar-refractivity contribution in [3.8, 4) is 11.3 Å². The van der Waals surface area contributed by atoms with Gasteiger partial charge in [0, 0.05) is 29.1 Å². The minimum absolute atomic E-state index is 0.400. The van der Waals surface area contributed by atoms with E-state index in [1.165, 1.54) is 16.5 Å². The molecule has 3 nitrogen and oxygen atoms in total. The first kappa shape index (κ1) is 14.0. The van der Waals surface area contributed by atoms with Crippen LogP contribution in [0.2, 0.25) is 0 Å². The maximum Gasteiger partial charge on any atom is 0.182 e. The molecule has 3 rings (SSSR count). The van der Waals surface area contributed by atoms with Crippen molar-refractivity contribution >= 4 is 27.4 Å². The van der Waals surface area contributed by atoms with Crippen LogP contribution in [0.25, 0.3) is 22.2 Å². The molecule has 2 heterocycles. The van der Waals surface area contributed by atoms with E-state index in [1.54, 1.807) is 11.3 Å². The highest BCUT2D eigenvalue weighted by Crippen LogP contribution is 2.33. The largest absolute Gasteiger partial charge is 0.365 e. The van der Waals surface area contributed by atoms with Gasteiger partial charge in [-0.3, -0.25) is 4.98 Å². The number of hydrogen-bond donors (Lipinski definition) is 1. The molecule has 0 unspecified atom stereocenters. The number of benzene rings is 1. The van der Waals surface area contributed by atoms with Crippen LogP contribution in [-0.2, 0) is 0 Å². The second-order valence-electron chi connectivity index (χ2n) is 5.56. The fourth-order valence-electron chi connectivity index (χ4n) is 2.38. The predicted molar refractivity (Wildman–Crippen MR) is 91.2 cm³/mol. The Morgan fingerprint density at radius 2 is 1.95 bits per heavy atom. The smallest absolute Gasteiger partial charge is 0.182 e. The average molecular weight is 297 g/mol. The highest BCUT2D eigenvalue weighted by atomic mass is 32.1. The molecule has 1 aromatic carbocycles. The van der Waals surface area contributed by atoms with Gasteiger partial charge in [0.1, 0.15) is 0 Å². The molecule has 4 heteroatoms. The van der Waals surface area contributed by atoms with Gasteiger partial charge in [0.05, 0.1) is 11.2 Å². The lowest BCUT2D eigenvalue weighted by Crippen LogP contribution is -1.96. The number of nitrogens with zero attached hydrogens (tertiary/aromatic N) is 2. The van der Waals surface area contributed by atoms with Gasteiger partial charge < -0.3 is 5.32 Å². The molecule has 0 bridgehead atoms. The topological polar surface area (TPSA) is 37.8 Å². The minimum atomic E-state index is 0.400. The van der Waals surface area contributed by atoms with E-state index in [0.29, 0.717) is 5.92 Å². The van der Waals surface area contributed by atoms with E-state index in [-0.39, 0.29) is 0 Å². The molecule has 0 radical (unpaired) electrons. The van der Waals surface area contributed by atoms with Crippen molar-refractivity contribution < 1.29 is 0 Å². The Labute approximate surface area is 129 Å². The van der Waals surface area contributed by atoms with Gasteiger partial charge in [-0.2, -0.15) is 0 Å². The number of fused-ring (bicyclic) bond motifs is 1. The first-order valence-corrected chi connectivity index (χ1v) is 8.01. The van der Waals surface area contributed by atoms with Crippen LogP contribution in [0.5, 0.6) is 0 Å². The van der Waals surface area contributed by atoms with Crippen LogP contribution >= 0.6 is 11.3 Å². The van der Waals surface area contributed by atoms with Crippen molar-refractivity contribution in [1.29, 1.82) is 0 Å². The molecule has 108 valence electrons. The molecule has 0 atom stereocenters. The second kappa shape index (κ2) is 5.45. The third-order valence-corrected chi connectivity index (χ3v) is 4.43. The molecule has 0 spiro atoms. The molecule has 0 saturated carbocycles. The number of anilines is 1. The Kier molecular flexibility index (Phi) is 3.64. The van der Waals surface area contributed by atoms with Crippen molar-refractivity contribution in [3.05, 3.63) is 40.9 Å². The number of pyridine rings is 1. The number of nitrogens with one attached hydrogen (secondary N) is 1. The van der Waals surface area contributed by atoms with Crippen molar-refractivity contribution in [2.75, 3.05) is 12.4 Å². The quantitative estimate of drug-likeness (QED) is 0.752. The number of aryl methyl sites for hydroxylation is 1. The molecule has 0 aliphatic heterocycles. The van der Waals surface area contributed by atoms with Gasteiger partial charge in [0.25, 0.3) is 0 Å². The lowest BCUT2D eigenvalue weighted by molar-refractivity contribution is 0.830. The maximum absolute atomic E-state index is 4.79. The van der Waals surface area contributed by atoms with E-state index in [4.69, 9.17) is 4.98 Å². The summed E-state index contributed by atoms with van der Waals surface area (Å²) in [5.74, 6) is 0.400. The van der Waals surface area contributed by atoms with E-state index in [9.17, 15) is 0 Å². The summed E-state index contributed by atoms with van der Waals surface area (Å²) in [7, 11) is 1.90. The predicted octanol–water partition coefficient (Wildman–Crippen LogP) is 4.83. The Balaban J connectivity index is 2.29. The van der Waals surface area contributed by atoms with Crippen LogP contribution < -0.4 is 5.32 Å². The standard InChI is InChI=1S/C17H19N3S/c1-10(2)15-8-13(16-9-21-17(18-4)20-16)12-7-11(3)5-6-14(12)19-15/h5-10H,1-4H3,(H,18,20). The van der Waals surface area contributed by atoms with Crippen LogP contribution in [0.15, 0.2) is 29.6 Å². The Morgan fingerprint density at radius 3 is 2.62 bits per heavy atom. The number of rotatable bonds is 3. The van der Waals surface area contributed by atoms with Crippen molar-refractivity contribution in [3.63, 3.8) is 0 Å². The molecular formula is C17H19N3S. The van der Waals surface area contributed by atoms with Gasteiger partial charge >= 0.3 is 0 Å². The summed E-state index contributed by atoms with van der Waals surface area (Å²) >= 11 is 1.63. The fourth-order valence-corrected chi connectivity index (χ4v) is 3.05. The molecular weight excluding hydrogens is 278 g/mol. The molecule has 0 amide bonds. The Hall–Kier alpha value is -1.94. The lowest BCUT2D eigenvalue weighted by Gasteiger charge is -2.11. The molecule has 0 saturated heterocycles. The first-order valence-electron chi connectivity index (χ1n) is 7.13. The van der Waals surface area contributed by atoms with Gasteiger partial charge in [0.2, 0.25) is 0 Å². The fraction of sp³-hybridized carbons (Fsp3) is 0.294. The molecule has 1 N–H and O–H groups in total. The highest BCUT2D eigenvalue weighted by Gasteiger charge is 2.12. The summed E-state index contributed by atoms with van der Waals surface area (Å²) in [6, 6.07) is 8.59. The van der Waals surface area contributed by atoms with E-state index in [1.807, 2.05) is 7.05 Å². The summed E-state index contributed by atoms with van der Waals surface area (Å²) in [6.45, 7) is 6.46. The molecule has 0 aliphatic carbocycles. The highest BCUT2D eigenvalue weighted by molar-refractivity contribution is 7.14. The van der Waals surface area contributed by atoms with Crippen LogP contribution in [-0.4, -0.2) is 17.0 Å². The Morgan fingerprint density at radius 1 is 1.14 bits per heavy atom. The third-order valence-electron chi connectivity index (χ3n) is 3.57. The van der Waals surface area contributed by atoms with Gasteiger partial charge in [0.15, 0.2) is 5.13 Å². The first-order chi connectivity index (χ1) is 10.1. The van der Waals surface area contributed by atoms with Crippen LogP contribution in [0.3, 0.4) is 0 Å². The normalized spacial score (nSPS) is 11.3. The third kappa shape index (κ3) is 2.63. The van der Waals surface area contributed by atoms with Gasteiger partial charge in [-0.25, -0.2) is 4.98 Å². The molecule has 2 aromatic heterocycles. The van der Waals surface area contributed by atoms with E-state index < -0.39 is 0 Å². The zero-order valence-electron chi connectivity index (χ0n) is 12.8. The zero-order valence-corrected chi connectivity index (χ0v) is 13.6. The summed E-state index contributed by atoms with van der Waals surface area (Å²) in [5.41, 5.74) is 5.59. The minimum Gasteiger partial charge on any atom is -0.365 e. The van der Waals surface area contributed by atoms with Gasteiger partial charge in [-0.15, -0.1) is 11.3 Å². The number of aromatic nitrogens is 2. The second-order valence-corrected chi connectivity index (χ2v) is 6.42. The van der Waals surface area contributed by atoms with Crippen LogP contribution in [0, 0.1) is 6.92 Å². The molecule has 0 aliphatic rings. The van der Waals surface area contributed by atoms with Gasteiger partial charge in [-0.05, 0) is 31.0 Å². The van der Waals surface area contributed by atoms with E-state index in [2.05, 4.69) is 60.7 Å². The number of hydrogen-bond acceptors (Lipinski definition) is 4.